The van der Waals surface area contributed by atoms with E-state index in [-0.39, 0.29) is 17.2 Å². The molecule has 0 saturated carbocycles. The van der Waals surface area contributed by atoms with Crippen molar-refractivity contribution < 1.29 is 14.3 Å². The minimum absolute atomic E-state index is 0.0112. The van der Waals surface area contributed by atoms with Crippen LogP contribution in [0, 0.1) is 0 Å². The van der Waals surface area contributed by atoms with Gasteiger partial charge in [-0.2, -0.15) is 0 Å². The van der Waals surface area contributed by atoms with E-state index in [9.17, 15) is 14.4 Å². The molecule has 0 spiro atoms. The fraction of sp³-hybridized carbons (Fsp3) is 0.300. The van der Waals surface area contributed by atoms with Crippen LogP contribution in [0.4, 0.5) is 0 Å². The van der Waals surface area contributed by atoms with Crippen LogP contribution >= 0.6 is 23.1 Å². The molecule has 0 saturated heterocycles. The Morgan fingerprint density at radius 1 is 1.30 bits per heavy atom. The quantitative estimate of drug-likeness (QED) is 0.476. The fourth-order valence-corrected chi connectivity index (χ4v) is 5.51. The SMILES string of the molecule is COc1ccc(-n2c(SCC(N)=O)nc3sc4c(c3c2=O)CCN(C(C)=O)C4)cc1. The van der Waals surface area contributed by atoms with Gasteiger partial charge in [-0.15, -0.1) is 11.3 Å². The van der Waals surface area contributed by atoms with E-state index in [1.165, 1.54) is 15.9 Å². The van der Waals surface area contributed by atoms with E-state index in [2.05, 4.69) is 0 Å². The molecule has 2 amide bonds. The number of fused-ring (bicyclic) bond motifs is 3. The Kier molecular flexibility index (Phi) is 5.52. The number of nitrogens with two attached hydrogens (primary N) is 1. The second-order valence-electron chi connectivity index (χ2n) is 6.86. The molecule has 8 nitrogen and oxygen atoms in total. The summed E-state index contributed by atoms with van der Waals surface area (Å²) in [7, 11) is 1.57. The molecule has 0 fully saturated rings. The van der Waals surface area contributed by atoms with Crippen molar-refractivity contribution in [3.8, 4) is 11.4 Å². The van der Waals surface area contributed by atoms with Crippen LogP contribution in [0.1, 0.15) is 17.4 Å². The summed E-state index contributed by atoms with van der Waals surface area (Å²) in [6, 6.07) is 7.08. The van der Waals surface area contributed by atoms with Crippen LogP contribution < -0.4 is 16.0 Å². The fourth-order valence-electron chi connectivity index (χ4n) is 3.48. The van der Waals surface area contributed by atoms with E-state index in [1.807, 2.05) is 0 Å². The Balaban J connectivity index is 1.90. The third kappa shape index (κ3) is 3.68. The first kappa shape index (κ1) is 20.4. The van der Waals surface area contributed by atoms with Crippen molar-refractivity contribution in [1.82, 2.24) is 14.5 Å². The Hall–Kier alpha value is -2.85. The van der Waals surface area contributed by atoms with Gasteiger partial charge in [0, 0.05) is 18.3 Å². The molecule has 10 heteroatoms. The van der Waals surface area contributed by atoms with E-state index >= 15 is 0 Å². The number of primary amides is 1. The van der Waals surface area contributed by atoms with Crippen molar-refractivity contribution >= 4 is 45.1 Å². The van der Waals surface area contributed by atoms with Crippen LogP contribution in [0.25, 0.3) is 15.9 Å². The summed E-state index contributed by atoms with van der Waals surface area (Å²) in [6.45, 7) is 2.61. The number of carbonyl (C=O) groups excluding carboxylic acids is 2. The van der Waals surface area contributed by atoms with Crippen LogP contribution in [0.15, 0.2) is 34.2 Å². The lowest BCUT2D eigenvalue weighted by Crippen LogP contribution is -2.34. The monoisotopic (exact) mass is 444 g/mol. The number of thiophene rings is 1. The van der Waals surface area contributed by atoms with Crippen molar-refractivity contribution in [2.45, 2.75) is 25.0 Å². The highest BCUT2D eigenvalue weighted by molar-refractivity contribution is 7.99. The lowest BCUT2D eigenvalue weighted by molar-refractivity contribution is -0.129. The first-order valence-corrected chi connectivity index (χ1v) is 11.1. The van der Waals surface area contributed by atoms with Gasteiger partial charge in [0.05, 0.1) is 30.5 Å². The number of amides is 2. The largest absolute Gasteiger partial charge is 0.497 e. The zero-order chi connectivity index (χ0) is 21.4. The topological polar surface area (TPSA) is 108 Å². The average Bonchev–Trinajstić information content (AvgIpc) is 3.10. The summed E-state index contributed by atoms with van der Waals surface area (Å²) in [5.74, 6) is 0.208. The molecule has 1 aliphatic heterocycles. The van der Waals surface area contributed by atoms with Gasteiger partial charge in [0.15, 0.2) is 5.16 Å². The number of nitrogens with zero attached hydrogens (tertiary/aromatic N) is 3. The number of benzene rings is 1. The number of carbonyl (C=O) groups is 2. The molecule has 0 unspecified atom stereocenters. The van der Waals surface area contributed by atoms with Gasteiger partial charge in [-0.1, -0.05) is 11.8 Å². The Labute approximate surface area is 180 Å². The highest BCUT2D eigenvalue weighted by Crippen LogP contribution is 2.34. The number of aromatic nitrogens is 2. The van der Waals surface area contributed by atoms with Crippen LogP contribution in [0.2, 0.25) is 0 Å². The summed E-state index contributed by atoms with van der Waals surface area (Å²) < 4.78 is 6.72. The second kappa shape index (κ2) is 8.11. The summed E-state index contributed by atoms with van der Waals surface area (Å²) in [5, 5.41) is 0.982. The van der Waals surface area contributed by atoms with Crippen LogP contribution in [-0.4, -0.2) is 45.7 Å². The molecular weight excluding hydrogens is 424 g/mol. The first-order chi connectivity index (χ1) is 14.4. The number of thioether (sulfide) groups is 1. The molecule has 0 radical (unpaired) electrons. The molecule has 1 aliphatic rings. The average molecular weight is 445 g/mol. The Morgan fingerprint density at radius 2 is 2.03 bits per heavy atom. The molecule has 2 N–H and O–H groups in total. The van der Waals surface area contributed by atoms with Gasteiger partial charge >= 0.3 is 0 Å². The van der Waals surface area contributed by atoms with Gasteiger partial charge in [0.1, 0.15) is 10.6 Å². The standard InChI is InChI=1S/C20H20N4O4S2/c1-11(25)23-8-7-14-15(9-23)30-18-17(14)19(27)24(20(22-18)29-10-16(21)26)12-3-5-13(28-2)6-4-12/h3-6H,7-10H2,1-2H3,(H2,21,26). The number of ether oxygens (including phenoxy) is 1. The van der Waals surface area contributed by atoms with Gasteiger partial charge in [-0.3, -0.25) is 19.0 Å². The van der Waals surface area contributed by atoms with E-state index in [1.54, 1.807) is 43.2 Å². The maximum absolute atomic E-state index is 13.6. The summed E-state index contributed by atoms with van der Waals surface area (Å²) in [4.78, 5) is 44.8. The lowest BCUT2D eigenvalue weighted by Gasteiger charge is -2.25. The third-order valence-corrected chi connectivity index (χ3v) is 7.03. The van der Waals surface area contributed by atoms with Crippen molar-refractivity contribution in [3.63, 3.8) is 0 Å². The number of methoxy groups -OCH3 is 1. The summed E-state index contributed by atoms with van der Waals surface area (Å²) >= 11 is 2.55. The summed E-state index contributed by atoms with van der Waals surface area (Å²) in [6.07, 6.45) is 0.613. The Morgan fingerprint density at radius 3 is 2.67 bits per heavy atom. The second-order valence-corrected chi connectivity index (χ2v) is 8.89. The predicted octanol–water partition coefficient (Wildman–Crippen LogP) is 1.94. The molecule has 0 bridgehead atoms. The van der Waals surface area contributed by atoms with Crippen molar-refractivity contribution in [3.05, 3.63) is 45.1 Å². The number of hydrogen-bond acceptors (Lipinski definition) is 7. The zero-order valence-electron chi connectivity index (χ0n) is 16.5. The first-order valence-electron chi connectivity index (χ1n) is 9.27. The maximum Gasteiger partial charge on any atom is 0.267 e. The summed E-state index contributed by atoms with van der Waals surface area (Å²) in [5.41, 5.74) is 6.71. The molecule has 0 aliphatic carbocycles. The smallest absolute Gasteiger partial charge is 0.267 e. The number of hydrogen-bond donors (Lipinski definition) is 1. The molecule has 1 aromatic carbocycles. The van der Waals surface area contributed by atoms with Gasteiger partial charge in [0.2, 0.25) is 11.8 Å². The molecule has 4 rings (SSSR count). The number of rotatable bonds is 5. The van der Waals surface area contributed by atoms with Crippen LogP contribution in [-0.2, 0) is 22.6 Å². The van der Waals surface area contributed by atoms with Crippen molar-refractivity contribution in [2.24, 2.45) is 5.73 Å². The Bertz CT molecular complexity index is 1200. The van der Waals surface area contributed by atoms with E-state index < -0.39 is 5.91 Å². The van der Waals surface area contributed by atoms with Crippen molar-refractivity contribution in [1.29, 1.82) is 0 Å². The molecule has 30 heavy (non-hydrogen) atoms. The van der Waals surface area contributed by atoms with Gasteiger partial charge in [-0.25, -0.2) is 4.98 Å². The molecule has 156 valence electrons. The van der Waals surface area contributed by atoms with Gasteiger partial charge < -0.3 is 15.4 Å². The maximum atomic E-state index is 13.6. The zero-order valence-corrected chi connectivity index (χ0v) is 18.1. The van der Waals surface area contributed by atoms with E-state index in [0.717, 1.165) is 22.2 Å². The van der Waals surface area contributed by atoms with Gasteiger partial charge in [-0.05, 0) is 36.2 Å². The normalized spacial score (nSPS) is 13.3. The lowest BCUT2D eigenvalue weighted by atomic mass is 10.1. The van der Waals surface area contributed by atoms with Crippen LogP contribution in [0.3, 0.4) is 0 Å². The van der Waals surface area contributed by atoms with Crippen LogP contribution in [0.5, 0.6) is 5.75 Å². The highest BCUT2D eigenvalue weighted by atomic mass is 32.2. The minimum Gasteiger partial charge on any atom is -0.497 e. The molecule has 0 atom stereocenters. The van der Waals surface area contributed by atoms with Crippen molar-refractivity contribution in [2.75, 3.05) is 19.4 Å². The molecule has 3 heterocycles. The minimum atomic E-state index is -0.488. The van der Waals surface area contributed by atoms with Gasteiger partial charge in [0.25, 0.3) is 5.56 Å². The van der Waals surface area contributed by atoms with E-state index in [4.69, 9.17) is 15.5 Å². The third-order valence-electron chi connectivity index (χ3n) is 4.96. The molecular formula is C20H20N4O4S2. The highest BCUT2D eigenvalue weighted by Gasteiger charge is 2.26. The predicted molar refractivity (Wildman–Crippen MR) is 116 cm³/mol. The molecule has 3 aromatic rings. The van der Waals surface area contributed by atoms with E-state index in [0.29, 0.717) is 46.3 Å². The molecule has 2 aromatic heterocycles.